The minimum absolute atomic E-state index is 0.0636. The normalized spacial score (nSPS) is 12.0. The van der Waals surface area contributed by atoms with Gasteiger partial charge in [-0.05, 0) is 55.9 Å². The predicted octanol–water partition coefficient (Wildman–Crippen LogP) is 4.38. The number of anilines is 1. The lowest BCUT2D eigenvalue weighted by Crippen LogP contribution is -2.36. The minimum Gasteiger partial charge on any atom is -0.469 e. The first kappa shape index (κ1) is 15.8. The molecule has 1 aromatic heterocycles. The first-order valence-corrected chi connectivity index (χ1v) is 7.38. The average molecular weight is 327 g/mol. The van der Waals surface area contributed by atoms with Gasteiger partial charge in [-0.15, -0.1) is 0 Å². The van der Waals surface area contributed by atoms with Crippen LogP contribution in [0, 0.1) is 5.82 Å². The smallest absolute Gasteiger partial charge is 0.170 e. The van der Waals surface area contributed by atoms with E-state index in [0.717, 1.165) is 18.6 Å². The fourth-order valence-electron chi connectivity index (χ4n) is 1.85. The van der Waals surface area contributed by atoms with Crippen LogP contribution < -0.4 is 10.6 Å². The molecule has 0 unspecified atom stereocenters. The van der Waals surface area contributed by atoms with Crippen LogP contribution >= 0.6 is 23.8 Å². The molecule has 0 aliphatic carbocycles. The van der Waals surface area contributed by atoms with E-state index in [1.54, 1.807) is 12.3 Å². The number of benzene rings is 1. The van der Waals surface area contributed by atoms with Gasteiger partial charge in [-0.2, -0.15) is 0 Å². The highest BCUT2D eigenvalue weighted by atomic mass is 35.5. The number of halogens is 2. The summed E-state index contributed by atoms with van der Waals surface area (Å²) in [5.74, 6) is 0.501. The number of furan rings is 1. The molecular formula is C15H16ClFN2OS. The fourth-order valence-corrected chi connectivity index (χ4v) is 2.35. The minimum atomic E-state index is -0.451. The summed E-state index contributed by atoms with van der Waals surface area (Å²) in [5.41, 5.74) is 0.650. The third kappa shape index (κ3) is 5.02. The summed E-state index contributed by atoms with van der Waals surface area (Å²) >= 11 is 10.9. The summed E-state index contributed by atoms with van der Waals surface area (Å²) in [6, 6.07) is 8.39. The second-order valence-electron chi connectivity index (χ2n) is 4.75. The van der Waals surface area contributed by atoms with E-state index in [1.165, 1.54) is 12.1 Å². The Morgan fingerprint density at radius 2 is 2.24 bits per heavy atom. The number of hydrogen-bond acceptors (Lipinski definition) is 2. The second kappa shape index (κ2) is 7.43. The van der Waals surface area contributed by atoms with Crippen LogP contribution in [0.5, 0.6) is 0 Å². The van der Waals surface area contributed by atoms with Crippen molar-refractivity contribution in [1.29, 1.82) is 0 Å². The average Bonchev–Trinajstić information content (AvgIpc) is 2.94. The molecule has 0 fully saturated rings. The molecule has 0 aliphatic heterocycles. The second-order valence-corrected chi connectivity index (χ2v) is 5.56. The van der Waals surface area contributed by atoms with E-state index < -0.39 is 5.82 Å². The van der Waals surface area contributed by atoms with Gasteiger partial charge in [0.05, 0.1) is 11.3 Å². The van der Waals surface area contributed by atoms with Crippen LogP contribution in [-0.2, 0) is 6.42 Å². The molecular weight excluding hydrogens is 311 g/mol. The molecule has 0 amide bonds. The Morgan fingerprint density at radius 3 is 2.90 bits per heavy atom. The van der Waals surface area contributed by atoms with Crippen molar-refractivity contribution in [3.63, 3.8) is 0 Å². The van der Waals surface area contributed by atoms with E-state index >= 15 is 0 Å². The largest absolute Gasteiger partial charge is 0.469 e. The lowest BCUT2D eigenvalue weighted by Gasteiger charge is -2.16. The molecule has 0 aliphatic rings. The van der Waals surface area contributed by atoms with Crippen molar-refractivity contribution in [2.45, 2.75) is 25.8 Å². The Labute approximate surface area is 133 Å². The highest BCUT2D eigenvalue weighted by molar-refractivity contribution is 7.80. The zero-order chi connectivity index (χ0) is 15.2. The van der Waals surface area contributed by atoms with Gasteiger partial charge < -0.3 is 15.1 Å². The maximum atomic E-state index is 13.1. The van der Waals surface area contributed by atoms with Crippen LogP contribution in [0.2, 0.25) is 5.02 Å². The van der Waals surface area contributed by atoms with E-state index in [-0.39, 0.29) is 11.1 Å². The third-order valence-electron chi connectivity index (χ3n) is 2.96. The molecule has 2 N–H and O–H groups in total. The molecule has 3 nitrogen and oxygen atoms in total. The van der Waals surface area contributed by atoms with Crippen molar-refractivity contribution < 1.29 is 8.81 Å². The van der Waals surface area contributed by atoms with Crippen LogP contribution in [0.3, 0.4) is 0 Å². The van der Waals surface area contributed by atoms with Gasteiger partial charge in [0.15, 0.2) is 5.11 Å². The first-order valence-electron chi connectivity index (χ1n) is 6.59. The molecule has 6 heteroatoms. The summed E-state index contributed by atoms with van der Waals surface area (Å²) in [6.45, 7) is 2.04. The molecule has 2 rings (SSSR count). The number of rotatable bonds is 5. The number of thiocarbonyl (C=S) groups is 1. The van der Waals surface area contributed by atoms with Gasteiger partial charge in [-0.3, -0.25) is 0 Å². The van der Waals surface area contributed by atoms with Crippen LogP contribution in [0.25, 0.3) is 0 Å². The van der Waals surface area contributed by atoms with Crippen LogP contribution in [0.1, 0.15) is 19.1 Å². The topological polar surface area (TPSA) is 37.2 Å². The summed E-state index contributed by atoms with van der Waals surface area (Å²) in [5, 5.41) is 6.69. The van der Waals surface area contributed by atoms with Gasteiger partial charge in [0.2, 0.25) is 0 Å². The van der Waals surface area contributed by atoms with Gasteiger partial charge in [0, 0.05) is 18.2 Å². The maximum absolute atomic E-state index is 13.1. The molecule has 0 saturated heterocycles. The zero-order valence-corrected chi connectivity index (χ0v) is 13.1. The Balaban J connectivity index is 1.79. The van der Waals surface area contributed by atoms with Crippen LogP contribution in [0.4, 0.5) is 10.1 Å². The molecule has 1 heterocycles. The van der Waals surface area contributed by atoms with Gasteiger partial charge >= 0.3 is 0 Å². The molecule has 112 valence electrons. The summed E-state index contributed by atoms with van der Waals surface area (Å²) < 4.78 is 18.3. The van der Waals surface area contributed by atoms with Crippen LogP contribution in [-0.4, -0.2) is 11.2 Å². The SMILES string of the molecule is C[C@@H](CCc1ccco1)NC(=S)Nc1ccc(F)c(Cl)c1. The number of hydrogen-bond donors (Lipinski definition) is 2. The quantitative estimate of drug-likeness (QED) is 0.800. The Morgan fingerprint density at radius 1 is 1.43 bits per heavy atom. The Kier molecular flexibility index (Phi) is 5.59. The van der Waals surface area contributed by atoms with Gasteiger partial charge in [0.1, 0.15) is 11.6 Å². The molecule has 1 atom stereocenters. The van der Waals surface area contributed by atoms with E-state index in [1.807, 2.05) is 19.1 Å². The van der Waals surface area contributed by atoms with E-state index in [4.69, 9.17) is 28.2 Å². The molecule has 2 aromatic rings. The number of nitrogens with one attached hydrogen (secondary N) is 2. The van der Waals surface area contributed by atoms with E-state index in [2.05, 4.69) is 10.6 Å². The monoisotopic (exact) mass is 326 g/mol. The molecule has 1 aromatic carbocycles. The van der Waals surface area contributed by atoms with Gasteiger partial charge in [0.25, 0.3) is 0 Å². The van der Waals surface area contributed by atoms with Crippen molar-refractivity contribution in [2.75, 3.05) is 5.32 Å². The molecule has 0 bridgehead atoms. The van der Waals surface area contributed by atoms with Crippen molar-refractivity contribution >= 4 is 34.6 Å². The molecule has 0 radical (unpaired) electrons. The predicted molar refractivity (Wildman–Crippen MR) is 87.3 cm³/mol. The summed E-state index contributed by atoms with van der Waals surface area (Å²) in [6.07, 6.45) is 3.39. The zero-order valence-electron chi connectivity index (χ0n) is 11.5. The Hall–Kier alpha value is -1.59. The van der Waals surface area contributed by atoms with Crippen molar-refractivity contribution in [1.82, 2.24) is 5.32 Å². The molecule has 0 spiro atoms. The highest BCUT2D eigenvalue weighted by Gasteiger charge is 2.07. The molecule has 0 saturated carbocycles. The lowest BCUT2D eigenvalue weighted by atomic mass is 10.1. The standard InChI is InChI=1S/C15H16ClFN2OS/c1-10(4-6-12-3-2-8-20-12)18-15(21)19-11-5-7-14(17)13(16)9-11/h2-3,5,7-10H,4,6H2,1H3,(H2,18,19,21)/t10-/m0/s1. The van der Waals surface area contributed by atoms with E-state index in [0.29, 0.717) is 10.8 Å². The van der Waals surface area contributed by atoms with Gasteiger partial charge in [-0.25, -0.2) is 4.39 Å². The van der Waals surface area contributed by atoms with Crippen molar-refractivity contribution in [2.24, 2.45) is 0 Å². The summed E-state index contributed by atoms with van der Waals surface area (Å²) in [4.78, 5) is 0. The van der Waals surface area contributed by atoms with Gasteiger partial charge in [-0.1, -0.05) is 11.6 Å². The molecule has 21 heavy (non-hydrogen) atoms. The van der Waals surface area contributed by atoms with Crippen molar-refractivity contribution in [3.8, 4) is 0 Å². The van der Waals surface area contributed by atoms with E-state index in [9.17, 15) is 4.39 Å². The maximum Gasteiger partial charge on any atom is 0.170 e. The lowest BCUT2D eigenvalue weighted by molar-refractivity contribution is 0.483. The first-order chi connectivity index (χ1) is 10.0. The highest BCUT2D eigenvalue weighted by Crippen LogP contribution is 2.19. The summed E-state index contributed by atoms with van der Waals surface area (Å²) in [7, 11) is 0. The number of aryl methyl sites for hydroxylation is 1. The van der Waals surface area contributed by atoms with Crippen molar-refractivity contribution in [3.05, 3.63) is 53.2 Å². The third-order valence-corrected chi connectivity index (χ3v) is 3.47. The fraction of sp³-hybridized carbons (Fsp3) is 0.267. The van der Waals surface area contributed by atoms with Crippen LogP contribution in [0.15, 0.2) is 41.0 Å². The Bertz CT molecular complexity index is 604.